The van der Waals surface area contributed by atoms with Gasteiger partial charge < -0.3 is 10.2 Å². The molecule has 3 heterocycles. The van der Waals surface area contributed by atoms with Crippen molar-refractivity contribution in [2.75, 3.05) is 14.1 Å². The molecule has 1 aromatic heterocycles. The minimum Gasteiger partial charge on any atom is -0.308 e. The van der Waals surface area contributed by atoms with E-state index in [0.29, 0.717) is 0 Å². The van der Waals surface area contributed by atoms with Crippen molar-refractivity contribution in [1.29, 1.82) is 0 Å². The summed E-state index contributed by atoms with van der Waals surface area (Å²) in [6.07, 6.45) is 10.4. The number of nitrogens with one attached hydrogen (secondary N) is 1. The molecule has 2 saturated heterocycles. The molecule has 4 rings (SSSR count). The van der Waals surface area contributed by atoms with E-state index in [4.69, 9.17) is 4.98 Å². The van der Waals surface area contributed by atoms with Gasteiger partial charge in [0, 0.05) is 17.0 Å². The lowest BCUT2D eigenvalue weighted by Crippen LogP contribution is -2.53. The Morgan fingerprint density at radius 3 is 2.55 bits per heavy atom. The minimum absolute atomic E-state index is 0.153. The van der Waals surface area contributed by atoms with Crippen LogP contribution in [0.4, 0.5) is 0 Å². The van der Waals surface area contributed by atoms with Gasteiger partial charge >= 0.3 is 0 Å². The topological polar surface area (TPSA) is 28.2 Å². The summed E-state index contributed by atoms with van der Waals surface area (Å²) < 4.78 is 0. The molecule has 0 radical (unpaired) electrons. The first kappa shape index (κ1) is 13.2. The van der Waals surface area contributed by atoms with Crippen LogP contribution in [-0.2, 0) is 18.4 Å². The highest BCUT2D eigenvalue weighted by Gasteiger charge is 2.48. The highest BCUT2D eigenvalue weighted by Crippen LogP contribution is 2.46. The number of aryl methyl sites for hydroxylation is 2. The van der Waals surface area contributed by atoms with Crippen molar-refractivity contribution < 1.29 is 0 Å². The van der Waals surface area contributed by atoms with Crippen LogP contribution in [0, 0.1) is 0 Å². The van der Waals surface area contributed by atoms with E-state index in [9.17, 15) is 0 Å². The lowest BCUT2D eigenvalue weighted by molar-refractivity contribution is 0.0937. The van der Waals surface area contributed by atoms with E-state index in [1.165, 1.54) is 62.1 Å². The van der Waals surface area contributed by atoms with Gasteiger partial charge in [-0.3, -0.25) is 0 Å². The maximum Gasteiger partial charge on any atom is 0.113 e. The number of hydrogen-bond donors (Lipinski definition) is 1. The molecule has 110 valence electrons. The second-order valence-electron chi connectivity index (χ2n) is 6.89. The number of fused-ring (bicyclic) bond motifs is 3. The van der Waals surface area contributed by atoms with Crippen LogP contribution in [0.3, 0.4) is 0 Å². The molecule has 0 saturated carbocycles. The summed E-state index contributed by atoms with van der Waals surface area (Å²) in [5.74, 6) is 0. The molecule has 1 aromatic rings. The number of aromatic nitrogens is 1. The van der Waals surface area contributed by atoms with Gasteiger partial charge in [-0.25, -0.2) is 4.98 Å². The molecule has 1 aliphatic carbocycles. The van der Waals surface area contributed by atoms with Gasteiger partial charge in [0.25, 0.3) is 0 Å². The van der Waals surface area contributed by atoms with Gasteiger partial charge in [-0.2, -0.15) is 0 Å². The fourth-order valence-corrected chi connectivity index (χ4v) is 5.88. The molecule has 3 aliphatic rings. The predicted molar refractivity (Wildman–Crippen MR) is 83.3 cm³/mol. The van der Waals surface area contributed by atoms with Crippen LogP contribution in [0.5, 0.6) is 0 Å². The molecule has 20 heavy (non-hydrogen) atoms. The Morgan fingerprint density at radius 2 is 1.90 bits per heavy atom. The Kier molecular flexibility index (Phi) is 3.17. The molecule has 2 bridgehead atoms. The highest BCUT2D eigenvalue weighted by atomic mass is 32.1. The van der Waals surface area contributed by atoms with Crippen LogP contribution >= 0.6 is 11.3 Å². The molecule has 0 aromatic carbocycles. The Balaban J connectivity index is 1.69. The fraction of sp³-hybridized carbons (Fsp3) is 0.812. The third kappa shape index (κ3) is 1.88. The average molecular weight is 291 g/mol. The van der Waals surface area contributed by atoms with Crippen molar-refractivity contribution in [1.82, 2.24) is 15.2 Å². The minimum atomic E-state index is 0.153. The molecule has 0 spiro atoms. The summed E-state index contributed by atoms with van der Waals surface area (Å²) >= 11 is 2.01. The van der Waals surface area contributed by atoms with Crippen molar-refractivity contribution >= 4 is 11.3 Å². The number of hydrogen-bond acceptors (Lipinski definition) is 4. The first-order valence-electron chi connectivity index (χ1n) is 8.12. The zero-order valence-electron chi connectivity index (χ0n) is 12.6. The van der Waals surface area contributed by atoms with Crippen LogP contribution < -0.4 is 5.32 Å². The van der Waals surface area contributed by atoms with Crippen LogP contribution in [0.1, 0.15) is 54.1 Å². The second kappa shape index (κ2) is 4.79. The summed E-state index contributed by atoms with van der Waals surface area (Å²) in [4.78, 5) is 9.27. The van der Waals surface area contributed by atoms with Gasteiger partial charge in [-0.05, 0) is 65.5 Å². The maximum atomic E-state index is 5.08. The molecule has 1 N–H and O–H groups in total. The summed E-state index contributed by atoms with van der Waals surface area (Å²) in [5.41, 5.74) is 1.57. The lowest BCUT2D eigenvalue weighted by atomic mass is 9.83. The van der Waals surface area contributed by atoms with Gasteiger partial charge in [-0.15, -0.1) is 11.3 Å². The summed E-state index contributed by atoms with van der Waals surface area (Å²) in [6, 6.07) is 1.50. The van der Waals surface area contributed by atoms with Gasteiger partial charge in [-0.1, -0.05) is 0 Å². The van der Waals surface area contributed by atoms with E-state index >= 15 is 0 Å². The molecule has 4 heteroatoms. The second-order valence-corrected chi connectivity index (χ2v) is 7.97. The van der Waals surface area contributed by atoms with E-state index in [1.54, 1.807) is 4.88 Å². The van der Waals surface area contributed by atoms with E-state index in [-0.39, 0.29) is 5.54 Å². The fourth-order valence-electron chi connectivity index (χ4n) is 4.51. The number of thiazole rings is 1. The van der Waals surface area contributed by atoms with E-state index in [0.717, 1.165) is 12.1 Å². The van der Waals surface area contributed by atoms with Crippen LogP contribution in [0.25, 0.3) is 0 Å². The zero-order valence-corrected chi connectivity index (χ0v) is 13.4. The Bertz CT molecular complexity index is 472. The first-order valence-corrected chi connectivity index (χ1v) is 8.93. The van der Waals surface area contributed by atoms with Crippen molar-refractivity contribution in [2.24, 2.45) is 0 Å². The first-order chi connectivity index (χ1) is 9.72. The van der Waals surface area contributed by atoms with Gasteiger partial charge in [0.05, 0.1) is 11.2 Å². The van der Waals surface area contributed by atoms with Crippen molar-refractivity contribution in [3.05, 3.63) is 15.6 Å². The van der Waals surface area contributed by atoms with Crippen LogP contribution in [-0.4, -0.2) is 36.1 Å². The molecule has 0 amide bonds. The zero-order chi connectivity index (χ0) is 13.7. The maximum absolute atomic E-state index is 5.08. The highest BCUT2D eigenvalue weighted by molar-refractivity contribution is 7.11. The van der Waals surface area contributed by atoms with E-state index < -0.39 is 0 Å². The molecular formula is C16H25N3S. The lowest BCUT2D eigenvalue weighted by Gasteiger charge is -2.44. The largest absolute Gasteiger partial charge is 0.308 e. The number of rotatable bonds is 2. The molecule has 2 aliphatic heterocycles. The molecule has 2 fully saturated rings. The molecule has 2 unspecified atom stereocenters. The Morgan fingerprint density at radius 1 is 1.20 bits per heavy atom. The van der Waals surface area contributed by atoms with Gasteiger partial charge in [0.15, 0.2) is 0 Å². The molecule has 3 nitrogen and oxygen atoms in total. The molecule has 2 atom stereocenters. The standard InChI is InChI=1S/C16H25N3S/c1-17-16(9-11-7-8-12(10-16)19(11)2)15-18-13-5-3-4-6-14(13)20-15/h11-12,17H,3-10H2,1-2H3. The van der Waals surface area contributed by atoms with Crippen LogP contribution in [0.15, 0.2) is 0 Å². The third-order valence-corrected chi connectivity index (χ3v) is 7.25. The quantitative estimate of drug-likeness (QED) is 0.908. The third-order valence-electron chi connectivity index (χ3n) is 5.89. The Labute approximate surface area is 125 Å². The van der Waals surface area contributed by atoms with Crippen LogP contribution in [0.2, 0.25) is 0 Å². The summed E-state index contributed by atoms with van der Waals surface area (Å²) in [6.45, 7) is 0. The van der Waals surface area contributed by atoms with Crippen molar-refractivity contribution in [3.63, 3.8) is 0 Å². The molecular weight excluding hydrogens is 266 g/mol. The normalized spacial score (nSPS) is 37.1. The SMILES string of the molecule is CNC1(c2nc3c(s2)CCCC3)CC2CCC(C1)N2C. The van der Waals surface area contributed by atoms with E-state index in [1.807, 2.05) is 11.3 Å². The van der Waals surface area contributed by atoms with Crippen molar-refractivity contribution in [2.45, 2.75) is 69.0 Å². The smallest absolute Gasteiger partial charge is 0.113 e. The van der Waals surface area contributed by atoms with Crippen molar-refractivity contribution in [3.8, 4) is 0 Å². The van der Waals surface area contributed by atoms with Gasteiger partial charge in [0.2, 0.25) is 0 Å². The Hall–Kier alpha value is -0.450. The number of piperidine rings is 1. The average Bonchev–Trinajstić information content (AvgIpc) is 2.98. The van der Waals surface area contributed by atoms with E-state index in [2.05, 4.69) is 24.3 Å². The summed E-state index contributed by atoms with van der Waals surface area (Å²) in [5, 5.41) is 5.07. The summed E-state index contributed by atoms with van der Waals surface area (Å²) in [7, 11) is 4.46. The predicted octanol–water partition coefficient (Wildman–Crippen LogP) is 2.69. The number of nitrogens with zero attached hydrogens (tertiary/aromatic N) is 2. The van der Waals surface area contributed by atoms with Gasteiger partial charge in [0.1, 0.15) is 5.01 Å². The monoisotopic (exact) mass is 291 g/mol.